The van der Waals surface area contributed by atoms with Crippen LogP contribution < -0.4 is 0 Å². The van der Waals surface area contributed by atoms with E-state index >= 15 is 0 Å². The number of hydrogen-bond donors (Lipinski definition) is 1. The zero-order valence-corrected chi connectivity index (χ0v) is 10.7. The second-order valence-corrected chi connectivity index (χ2v) is 5.06. The Morgan fingerprint density at radius 3 is 2.12 bits per heavy atom. The molecule has 0 aromatic heterocycles. The van der Waals surface area contributed by atoms with Gasteiger partial charge in [-0.05, 0) is 26.7 Å². The van der Waals surface area contributed by atoms with Gasteiger partial charge in [-0.15, -0.1) is 0 Å². The van der Waals surface area contributed by atoms with E-state index in [9.17, 15) is 14.8 Å². The van der Waals surface area contributed by atoms with Crippen molar-refractivity contribution in [2.24, 2.45) is 5.92 Å². The molecule has 3 unspecified atom stereocenters. The Kier molecular flexibility index (Phi) is 3.27. The molecular formula is C12H21NO3. The number of Topliss-reactive ketones (excluding diaryl/α,β-unsaturated/α-hetero) is 2. The largest absolute Gasteiger partial charge is 0.312 e. The molecule has 3 atom stereocenters. The fourth-order valence-electron chi connectivity index (χ4n) is 2.35. The molecule has 0 aliphatic carbocycles. The van der Waals surface area contributed by atoms with Gasteiger partial charge in [0.2, 0.25) is 11.6 Å². The summed E-state index contributed by atoms with van der Waals surface area (Å²) < 4.78 is 0. The average Bonchev–Trinajstić information content (AvgIpc) is 2.31. The smallest absolute Gasteiger partial charge is 0.220 e. The Bertz CT molecular complexity index is 328. The van der Waals surface area contributed by atoms with Gasteiger partial charge in [-0.3, -0.25) is 9.59 Å². The van der Waals surface area contributed by atoms with E-state index in [2.05, 4.69) is 0 Å². The summed E-state index contributed by atoms with van der Waals surface area (Å²) in [6, 6.07) is 0. The van der Waals surface area contributed by atoms with Crippen LogP contribution in [-0.4, -0.2) is 32.9 Å². The Morgan fingerprint density at radius 2 is 1.75 bits per heavy atom. The predicted molar refractivity (Wildman–Crippen MR) is 60.2 cm³/mol. The molecule has 4 nitrogen and oxygen atoms in total. The van der Waals surface area contributed by atoms with E-state index in [1.807, 2.05) is 13.8 Å². The number of rotatable bonds is 2. The van der Waals surface area contributed by atoms with E-state index in [0.717, 1.165) is 5.06 Å². The first kappa shape index (κ1) is 13.3. The van der Waals surface area contributed by atoms with Crippen molar-refractivity contribution in [1.29, 1.82) is 0 Å². The molecule has 1 N–H and O–H groups in total. The van der Waals surface area contributed by atoms with Gasteiger partial charge >= 0.3 is 0 Å². The number of piperidine rings is 1. The van der Waals surface area contributed by atoms with Crippen molar-refractivity contribution in [3.63, 3.8) is 0 Å². The van der Waals surface area contributed by atoms with Crippen LogP contribution in [0, 0.1) is 5.92 Å². The highest BCUT2D eigenvalue weighted by Crippen LogP contribution is 2.40. The molecule has 1 saturated heterocycles. The molecule has 4 heteroatoms. The van der Waals surface area contributed by atoms with E-state index in [1.54, 1.807) is 20.8 Å². The lowest BCUT2D eigenvalue weighted by atomic mass is 9.70. The molecule has 1 aliphatic heterocycles. The van der Waals surface area contributed by atoms with Gasteiger partial charge in [-0.2, -0.15) is 5.06 Å². The average molecular weight is 227 g/mol. The van der Waals surface area contributed by atoms with Crippen LogP contribution in [0.15, 0.2) is 0 Å². The van der Waals surface area contributed by atoms with Gasteiger partial charge in [0.05, 0.1) is 5.54 Å². The molecule has 0 amide bonds. The van der Waals surface area contributed by atoms with Gasteiger partial charge in [0.15, 0.2) is 0 Å². The number of ketones is 2. The lowest BCUT2D eigenvalue weighted by Gasteiger charge is -2.52. The molecule has 0 radical (unpaired) electrons. The van der Waals surface area contributed by atoms with Crippen molar-refractivity contribution in [3.8, 4) is 0 Å². The van der Waals surface area contributed by atoms with E-state index in [4.69, 9.17) is 0 Å². The zero-order chi connectivity index (χ0) is 12.7. The minimum Gasteiger partial charge on any atom is -0.312 e. The maximum absolute atomic E-state index is 12.0. The van der Waals surface area contributed by atoms with Crippen LogP contribution in [0.4, 0.5) is 0 Å². The summed E-state index contributed by atoms with van der Waals surface area (Å²) in [5, 5.41) is 11.4. The molecule has 0 aromatic carbocycles. The second kappa shape index (κ2) is 3.93. The van der Waals surface area contributed by atoms with Gasteiger partial charge in [0.25, 0.3) is 0 Å². The zero-order valence-electron chi connectivity index (χ0n) is 10.7. The van der Waals surface area contributed by atoms with E-state index in [0.29, 0.717) is 12.8 Å². The third kappa shape index (κ3) is 1.44. The second-order valence-electron chi connectivity index (χ2n) is 5.06. The summed E-state index contributed by atoms with van der Waals surface area (Å²) in [6.45, 7) is 8.89. The normalized spacial score (nSPS) is 41.5. The van der Waals surface area contributed by atoms with Crippen LogP contribution >= 0.6 is 0 Å². The van der Waals surface area contributed by atoms with Crippen molar-refractivity contribution in [1.82, 2.24) is 5.06 Å². The summed E-state index contributed by atoms with van der Waals surface area (Å²) in [5.41, 5.74) is -1.73. The lowest BCUT2D eigenvalue weighted by Crippen LogP contribution is -2.70. The summed E-state index contributed by atoms with van der Waals surface area (Å²) >= 11 is 0. The van der Waals surface area contributed by atoms with Crippen LogP contribution in [0.2, 0.25) is 0 Å². The van der Waals surface area contributed by atoms with Crippen molar-refractivity contribution in [3.05, 3.63) is 0 Å². The monoisotopic (exact) mass is 227 g/mol. The summed E-state index contributed by atoms with van der Waals surface area (Å²) in [7, 11) is 0. The first-order chi connectivity index (χ1) is 7.25. The summed E-state index contributed by atoms with van der Waals surface area (Å²) in [5.74, 6) is -1.30. The van der Waals surface area contributed by atoms with Gasteiger partial charge in [-0.25, -0.2) is 0 Å². The quantitative estimate of drug-likeness (QED) is 0.731. The Hall–Kier alpha value is -0.740. The van der Waals surface area contributed by atoms with Crippen LogP contribution in [-0.2, 0) is 9.59 Å². The highest BCUT2D eigenvalue weighted by atomic mass is 16.5. The molecule has 0 bridgehead atoms. The molecule has 16 heavy (non-hydrogen) atoms. The molecule has 1 aliphatic rings. The topological polar surface area (TPSA) is 57.6 Å². The third-order valence-corrected chi connectivity index (χ3v) is 4.39. The van der Waals surface area contributed by atoms with Crippen LogP contribution in [0.1, 0.15) is 47.5 Å². The number of nitrogens with zero attached hydrogens (tertiary/aromatic N) is 1. The number of hydroxylamine groups is 2. The first-order valence-corrected chi connectivity index (χ1v) is 5.83. The van der Waals surface area contributed by atoms with Gasteiger partial charge < -0.3 is 5.21 Å². The van der Waals surface area contributed by atoms with Crippen molar-refractivity contribution in [2.45, 2.75) is 58.5 Å². The molecule has 1 heterocycles. The lowest BCUT2D eigenvalue weighted by molar-refractivity contribution is -0.251. The fraction of sp³-hybridized carbons (Fsp3) is 0.833. The molecule has 1 fully saturated rings. The highest BCUT2D eigenvalue weighted by Gasteiger charge is 2.57. The van der Waals surface area contributed by atoms with E-state index < -0.39 is 22.8 Å². The summed E-state index contributed by atoms with van der Waals surface area (Å²) in [6.07, 6.45) is 1.05. The Labute approximate surface area is 96.6 Å². The molecule has 92 valence electrons. The minimum atomic E-state index is -1.08. The maximum atomic E-state index is 12.0. The number of hydrogen-bond acceptors (Lipinski definition) is 4. The van der Waals surface area contributed by atoms with Crippen LogP contribution in [0.25, 0.3) is 0 Å². The van der Waals surface area contributed by atoms with Gasteiger partial charge in [-0.1, -0.05) is 20.8 Å². The Balaban J connectivity index is 3.29. The third-order valence-electron chi connectivity index (χ3n) is 4.39. The van der Waals surface area contributed by atoms with Gasteiger partial charge in [0, 0.05) is 5.92 Å². The van der Waals surface area contributed by atoms with Crippen molar-refractivity contribution < 1.29 is 14.8 Å². The van der Waals surface area contributed by atoms with Gasteiger partial charge in [0.1, 0.15) is 5.54 Å². The van der Waals surface area contributed by atoms with E-state index in [-0.39, 0.29) is 5.78 Å². The molecule has 1 rings (SSSR count). The van der Waals surface area contributed by atoms with Crippen molar-refractivity contribution >= 4 is 11.6 Å². The fourth-order valence-corrected chi connectivity index (χ4v) is 2.35. The number of carbonyl (C=O) groups excluding carboxylic acids is 2. The first-order valence-electron chi connectivity index (χ1n) is 5.83. The summed E-state index contributed by atoms with van der Waals surface area (Å²) in [4.78, 5) is 23.9. The van der Waals surface area contributed by atoms with E-state index in [1.165, 1.54) is 0 Å². The predicted octanol–water partition coefficient (Wildman–Crippen LogP) is 1.80. The van der Waals surface area contributed by atoms with Crippen LogP contribution in [0.5, 0.6) is 0 Å². The van der Waals surface area contributed by atoms with Crippen molar-refractivity contribution in [2.75, 3.05) is 0 Å². The molecule has 0 spiro atoms. The number of carbonyl (C=O) groups is 2. The molecule has 0 saturated carbocycles. The van der Waals surface area contributed by atoms with Crippen LogP contribution in [0.3, 0.4) is 0 Å². The molecule has 0 aromatic rings. The highest BCUT2D eigenvalue weighted by molar-refractivity contribution is 6.42. The Morgan fingerprint density at radius 1 is 1.25 bits per heavy atom. The SMILES string of the molecule is CCC1(C)C(=O)C(=O)C(C)C(C)(CC)N1O. The molecular weight excluding hydrogens is 206 g/mol. The minimum absolute atomic E-state index is 0.362. The maximum Gasteiger partial charge on any atom is 0.220 e. The standard InChI is InChI=1S/C12H21NO3/c1-6-11(4)8(3)9(14)10(15)12(5,7-2)13(11)16/h8,16H,6-7H2,1-5H3.